The van der Waals surface area contributed by atoms with E-state index in [2.05, 4.69) is 30.8 Å². The second kappa shape index (κ2) is 20.1. The normalized spacial score (nSPS) is 15.5. The molecule has 2 aliphatic heterocycles. The second-order valence-corrected chi connectivity index (χ2v) is 19.5. The van der Waals surface area contributed by atoms with E-state index in [1.165, 1.54) is 0 Å². The summed E-state index contributed by atoms with van der Waals surface area (Å²) in [6.45, 7) is 25.5. The highest BCUT2D eigenvalue weighted by Crippen LogP contribution is 2.29. The first-order valence-corrected chi connectivity index (χ1v) is 21.2. The Morgan fingerprint density at radius 1 is 0.635 bits per heavy atom. The van der Waals surface area contributed by atoms with Gasteiger partial charge in [-0.15, -0.1) is 9.98 Å². The minimum atomic E-state index is -0.847. The fourth-order valence-corrected chi connectivity index (χ4v) is 6.62. The van der Waals surface area contributed by atoms with E-state index in [9.17, 15) is 24.0 Å². The molecule has 344 valence electrons. The third kappa shape index (κ3) is 16.4. The third-order valence-corrected chi connectivity index (χ3v) is 9.19. The van der Waals surface area contributed by atoms with Crippen LogP contribution >= 0.6 is 11.6 Å². The van der Waals surface area contributed by atoms with Crippen LogP contribution in [0.2, 0.25) is 5.02 Å². The molecule has 2 aromatic carbocycles. The molecule has 4 rings (SSSR count). The first-order valence-electron chi connectivity index (χ1n) is 20.8. The lowest BCUT2D eigenvalue weighted by Crippen LogP contribution is -2.54. The van der Waals surface area contributed by atoms with Crippen LogP contribution in [0.25, 0.3) is 5.57 Å². The molecule has 0 atom stereocenters. The predicted molar refractivity (Wildman–Crippen MR) is 245 cm³/mol. The molecule has 3 N–H and O–H groups in total. The summed E-state index contributed by atoms with van der Waals surface area (Å²) in [6.07, 6.45) is -0.696. The summed E-state index contributed by atoms with van der Waals surface area (Å²) < 4.78 is 21.5. The first-order chi connectivity index (χ1) is 29.0. The van der Waals surface area contributed by atoms with Crippen molar-refractivity contribution < 1.29 is 42.9 Å². The van der Waals surface area contributed by atoms with Crippen molar-refractivity contribution in [3.63, 3.8) is 0 Å². The van der Waals surface area contributed by atoms with Gasteiger partial charge < -0.3 is 39.0 Å². The van der Waals surface area contributed by atoms with E-state index in [0.29, 0.717) is 56.9 Å². The molecule has 0 unspecified atom stereocenters. The molecule has 0 radical (unpaired) electrons. The number of hydrogen-bond donors (Lipinski definition) is 3. The number of piperazine rings is 1. The zero-order valence-corrected chi connectivity index (χ0v) is 39.5. The van der Waals surface area contributed by atoms with Crippen LogP contribution in [0.15, 0.2) is 52.5 Å². The van der Waals surface area contributed by atoms with E-state index < -0.39 is 46.8 Å². The maximum atomic E-state index is 13.5. The number of rotatable bonds is 4. The Hall–Kier alpha value is -5.84. The van der Waals surface area contributed by atoms with Crippen LogP contribution in [0.3, 0.4) is 0 Å². The standard InChI is InChI=1S/C45H63ClN8O9/c1-28-26-31(15-17-34(28)52-22-24-54(25-23-52)37(50-40(58)62-44(8,9)10)51-41(59)63-45(11,12)13)47-35(55)32-16-14-30(27-33(32)46)29-18-20-53(21-19-29)36(48-38(56)60-42(2,3)4)49-39(57)61-43(5,6)7/h14-18,26-27H,19-25H2,1-13H3,(H,47,55)(H,48,49,56,57)(H,50,51,58,59). The smallest absolute Gasteiger partial charge is 0.437 e. The summed E-state index contributed by atoms with van der Waals surface area (Å²) in [5.41, 5.74) is 1.51. The molecule has 0 bridgehead atoms. The Labute approximate surface area is 375 Å². The summed E-state index contributed by atoms with van der Waals surface area (Å²) in [6, 6.07) is 10.9. The Morgan fingerprint density at radius 3 is 1.59 bits per heavy atom. The van der Waals surface area contributed by atoms with Crippen LogP contribution in [-0.4, -0.2) is 114 Å². The van der Waals surface area contributed by atoms with E-state index in [1.54, 1.807) is 105 Å². The molecular weight excluding hydrogens is 832 g/mol. The number of anilines is 2. The van der Waals surface area contributed by atoms with Crippen molar-refractivity contribution in [3.05, 3.63) is 64.2 Å². The van der Waals surface area contributed by atoms with Gasteiger partial charge in [0, 0.05) is 50.6 Å². The van der Waals surface area contributed by atoms with Crippen molar-refractivity contribution in [2.24, 2.45) is 9.98 Å². The Balaban J connectivity index is 1.40. The largest absolute Gasteiger partial charge is 0.444 e. The molecule has 18 heteroatoms. The van der Waals surface area contributed by atoms with Gasteiger partial charge in [0.2, 0.25) is 11.9 Å². The number of halogens is 1. The number of guanidine groups is 2. The summed E-state index contributed by atoms with van der Waals surface area (Å²) >= 11 is 6.71. The van der Waals surface area contributed by atoms with Crippen LogP contribution in [-0.2, 0) is 18.9 Å². The van der Waals surface area contributed by atoms with Crippen molar-refractivity contribution in [1.82, 2.24) is 20.4 Å². The Kier molecular flexibility index (Phi) is 15.9. The molecule has 0 aliphatic carbocycles. The Bertz CT molecular complexity index is 2130. The van der Waals surface area contributed by atoms with Crippen LogP contribution in [0.1, 0.15) is 111 Å². The number of amides is 5. The van der Waals surface area contributed by atoms with Gasteiger partial charge >= 0.3 is 24.4 Å². The average Bonchev–Trinajstić information content (AvgIpc) is 3.11. The molecule has 63 heavy (non-hydrogen) atoms. The number of carbonyl (C=O) groups excluding carboxylic acids is 5. The molecule has 1 saturated heterocycles. The Morgan fingerprint density at radius 2 is 1.14 bits per heavy atom. The lowest BCUT2D eigenvalue weighted by Gasteiger charge is -2.38. The molecule has 1 fully saturated rings. The van der Waals surface area contributed by atoms with Crippen molar-refractivity contribution in [1.29, 1.82) is 0 Å². The summed E-state index contributed by atoms with van der Waals surface area (Å²) in [5, 5.41) is 8.45. The van der Waals surface area contributed by atoms with E-state index in [1.807, 2.05) is 37.3 Å². The minimum Gasteiger partial charge on any atom is -0.444 e. The second-order valence-electron chi connectivity index (χ2n) is 19.1. The van der Waals surface area contributed by atoms with Crippen molar-refractivity contribution in [3.8, 4) is 0 Å². The topological polar surface area (TPSA) is 193 Å². The number of aryl methyl sites for hydroxylation is 1. The van der Waals surface area contributed by atoms with Gasteiger partial charge in [-0.3, -0.25) is 15.4 Å². The van der Waals surface area contributed by atoms with E-state index >= 15 is 0 Å². The van der Waals surface area contributed by atoms with Crippen molar-refractivity contribution in [2.75, 3.05) is 49.5 Å². The number of nitrogens with zero attached hydrogens (tertiary/aromatic N) is 5. The zero-order valence-electron chi connectivity index (χ0n) is 38.8. The first kappa shape index (κ1) is 49.8. The molecule has 2 aromatic rings. The van der Waals surface area contributed by atoms with E-state index in [-0.39, 0.29) is 22.8 Å². The summed E-state index contributed by atoms with van der Waals surface area (Å²) in [7, 11) is 0. The fraction of sp³-hybridized carbons (Fsp3) is 0.533. The lowest BCUT2D eigenvalue weighted by atomic mass is 9.98. The van der Waals surface area contributed by atoms with Gasteiger partial charge in [0.25, 0.3) is 5.91 Å². The lowest BCUT2D eigenvalue weighted by molar-refractivity contribution is 0.0536. The van der Waals surface area contributed by atoms with Crippen LogP contribution in [0, 0.1) is 6.92 Å². The monoisotopic (exact) mass is 894 g/mol. The molecule has 5 amide bonds. The van der Waals surface area contributed by atoms with E-state index in [4.69, 9.17) is 30.5 Å². The maximum Gasteiger partial charge on any atom is 0.437 e. The van der Waals surface area contributed by atoms with Crippen LogP contribution in [0.5, 0.6) is 0 Å². The highest BCUT2D eigenvalue weighted by atomic mass is 35.5. The van der Waals surface area contributed by atoms with Gasteiger partial charge in [0.15, 0.2) is 0 Å². The van der Waals surface area contributed by atoms with Gasteiger partial charge in [-0.2, -0.15) is 0 Å². The zero-order chi connectivity index (χ0) is 47.1. The van der Waals surface area contributed by atoms with Crippen molar-refractivity contribution >= 4 is 70.7 Å². The number of ether oxygens (including phenoxy) is 4. The molecule has 0 spiro atoms. The predicted octanol–water partition coefficient (Wildman–Crippen LogP) is 8.74. The maximum absolute atomic E-state index is 13.5. The highest BCUT2D eigenvalue weighted by molar-refractivity contribution is 6.34. The molecular formula is C45H63ClN8O9. The molecule has 2 heterocycles. The number of carbonyl (C=O) groups is 5. The van der Waals surface area contributed by atoms with Crippen molar-refractivity contribution in [2.45, 2.75) is 119 Å². The SMILES string of the molecule is Cc1cc(NC(=O)c2ccc(C3=CCN(/C(=N/C(=O)OC(C)(C)C)NC(=O)OC(C)(C)C)CC3)cc2Cl)ccc1N1CCN(/C(=N/C(=O)OC(C)(C)C)NC(=O)OC(C)(C)C)CC1. The number of aliphatic imine (C=N–C) groups is 2. The van der Waals surface area contributed by atoms with Gasteiger partial charge in [-0.1, -0.05) is 23.7 Å². The highest BCUT2D eigenvalue weighted by Gasteiger charge is 2.28. The minimum absolute atomic E-state index is 0.00934. The molecule has 17 nitrogen and oxygen atoms in total. The number of nitrogens with one attached hydrogen (secondary N) is 3. The number of benzene rings is 2. The number of hydrogen-bond acceptors (Lipinski definition) is 10. The summed E-state index contributed by atoms with van der Waals surface area (Å²) in [4.78, 5) is 77.9. The van der Waals surface area contributed by atoms with Gasteiger partial charge in [0.1, 0.15) is 22.4 Å². The van der Waals surface area contributed by atoms with Gasteiger partial charge in [0.05, 0.1) is 10.6 Å². The van der Waals surface area contributed by atoms with E-state index in [0.717, 1.165) is 22.4 Å². The van der Waals surface area contributed by atoms with Gasteiger partial charge in [-0.05, 0) is 143 Å². The molecule has 0 aromatic heterocycles. The van der Waals surface area contributed by atoms with Crippen LogP contribution < -0.4 is 20.9 Å². The van der Waals surface area contributed by atoms with Crippen LogP contribution in [0.4, 0.5) is 30.6 Å². The molecule has 0 saturated carbocycles. The summed E-state index contributed by atoms with van der Waals surface area (Å²) in [5.74, 6) is -0.316. The average molecular weight is 895 g/mol. The molecule has 2 aliphatic rings. The third-order valence-electron chi connectivity index (χ3n) is 8.87. The fourth-order valence-electron chi connectivity index (χ4n) is 6.36. The number of alkyl carbamates (subject to hydrolysis) is 2. The van der Waals surface area contributed by atoms with Gasteiger partial charge in [-0.25, -0.2) is 19.2 Å². The quantitative estimate of drug-likeness (QED) is 0.150.